The predicted octanol–water partition coefficient (Wildman–Crippen LogP) is 4.02. The number of ether oxygens (including phenoxy) is 1. The average Bonchev–Trinajstić information content (AvgIpc) is 3.34. The number of hydrogen-bond donors (Lipinski definition) is 2. The molecule has 1 aromatic heterocycles. The molecule has 0 saturated heterocycles. The van der Waals surface area contributed by atoms with Gasteiger partial charge in [0.15, 0.2) is 6.10 Å². The number of imidazole rings is 1. The fourth-order valence-corrected chi connectivity index (χ4v) is 3.54. The highest BCUT2D eigenvalue weighted by Crippen LogP contribution is 2.33. The molecule has 2 aromatic carbocycles. The van der Waals surface area contributed by atoms with Crippen LogP contribution < -0.4 is 10.6 Å². The lowest BCUT2D eigenvalue weighted by Gasteiger charge is -2.23. The van der Waals surface area contributed by atoms with Crippen molar-refractivity contribution in [3.63, 3.8) is 0 Å². The van der Waals surface area contributed by atoms with Crippen molar-refractivity contribution >= 4 is 11.5 Å². The Bertz CT molecular complexity index is 1020. The zero-order valence-corrected chi connectivity index (χ0v) is 17.7. The molecule has 2 unspecified atom stereocenters. The Balaban J connectivity index is 1.98. The molecule has 32 heavy (non-hydrogen) atoms. The largest absolute Gasteiger partial charge is 0.497 e. The molecule has 0 spiro atoms. The van der Waals surface area contributed by atoms with Crippen LogP contribution in [0.3, 0.4) is 0 Å². The van der Waals surface area contributed by atoms with Gasteiger partial charge in [0, 0.05) is 12.4 Å². The molecular weight excluding hydrogens is 413 g/mol. The minimum absolute atomic E-state index is 0.154. The Morgan fingerprint density at radius 2 is 1.94 bits per heavy atom. The molecule has 0 fully saturated rings. The van der Waals surface area contributed by atoms with Gasteiger partial charge < -0.3 is 14.4 Å². The minimum Gasteiger partial charge on any atom is -0.497 e. The maximum Gasteiger partial charge on any atom is 0.334 e. The van der Waals surface area contributed by atoms with Crippen molar-refractivity contribution in [2.45, 2.75) is 31.4 Å². The second-order valence-corrected chi connectivity index (χ2v) is 7.28. The van der Waals surface area contributed by atoms with Gasteiger partial charge in [-0.05, 0) is 60.2 Å². The van der Waals surface area contributed by atoms with E-state index in [-0.39, 0.29) is 18.3 Å². The first kappa shape index (κ1) is 23.2. The zero-order valence-electron chi connectivity index (χ0n) is 17.7. The highest BCUT2D eigenvalue weighted by atomic mass is 19.1. The number of aromatic nitrogens is 2. The SMILES string of the molecule is COc1ccc(C(=CCCC(ON)C(=O)O)C(Cc2ccc(F)cc2)n2ccnc2)cc1. The van der Waals surface area contributed by atoms with E-state index in [9.17, 15) is 14.3 Å². The normalized spacial score (nSPS) is 13.5. The van der Waals surface area contributed by atoms with Gasteiger partial charge in [-0.3, -0.25) is 4.84 Å². The standard InChI is InChI=1S/C24H26FN3O4/c1-31-20-11-7-18(8-12-20)21(3-2-4-23(32-26)24(29)30)22(28-14-13-27-16-28)15-17-5-9-19(25)10-6-17/h3,5-14,16,22-23H,2,4,15,26H2,1H3,(H,29,30). The third-order valence-electron chi connectivity index (χ3n) is 5.24. The summed E-state index contributed by atoms with van der Waals surface area (Å²) in [6, 6.07) is 13.9. The van der Waals surface area contributed by atoms with Crippen molar-refractivity contribution in [3.8, 4) is 5.75 Å². The van der Waals surface area contributed by atoms with Crippen LogP contribution in [-0.4, -0.2) is 33.8 Å². The minimum atomic E-state index is -1.11. The molecule has 8 heteroatoms. The number of allylic oxidation sites excluding steroid dienone is 2. The molecule has 0 aliphatic heterocycles. The van der Waals surface area contributed by atoms with Gasteiger partial charge in [0.2, 0.25) is 0 Å². The lowest BCUT2D eigenvalue weighted by molar-refractivity contribution is -0.151. The van der Waals surface area contributed by atoms with E-state index in [0.29, 0.717) is 12.8 Å². The molecular formula is C24H26FN3O4. The van der Waals surface area contributed by atoms with E-state index in [1.165, 1.54) is 12.1 Å². The quantitative estimate of drug-likeness (QED) is 0.438. The summed E-state index contributed by atoms with van der Waals surface area (Å²) in [4.78, 5) is 20.0. The van der Waals surface area contributed by atoms with Crippen LogP contribution in [0.4, 0.5) is 4.39 Å². The number of carboxylic acid groups (broad SMARTS) is 1. The fraction of sp³-hybridized carbons (Fsp3) is 0.250. The number of aliphatic carboxylic acids is 1. The van der Waals surface area contributed by atoms with Crippen molar-refractivity contribution in [3.05, 3.63) is 90.3 Å². The predicted molar refractivity (Wildman–Crippen MR) is 118 cm³/mol. The van der Waals surface area contributed by atoms with Gasteiger partial charge in [-0.15, -0.1) is 0 Å². The molecule has 0 aliphatic rings. The summed E-state index contributed by atoms with van der Waals surface area (Å²) in [6.45, 7) is 0. The summed E-state index contributed by atoms with van der Waals surface area (Å²) in [5.41, 5.74) is 2.88. The van der Waals surface area contributed by atoms with Crippen LogP contribution in [-0.2, 0) is 16.1 Å². The first-order valence-electron chi connectivity index (χ1n) is 10.2. The summed E-state index contributed by atoms with van der Waals surface area (Å²) in [5.74, 6) is 4.46. The van der Waals surface area contributed by atoms with Crippen molar-refractivity contribution in [2.75, 3.05) is 7.11 Å². The van der Waals surface area contributed by atoms with Gasteiger partial charge >= 0.3 is 5.97 Å². The number of nitrogens with two attached hydrogens (primary N) is 1. The summed E-state index contributed by atoms with van der Waals surface area (Å²) < 4.78 is 20.7. The number of hydrogen-bond acceptors (Lipinski definition) is 5. The molecule has 1 heterocycles. The maximum absolute atomic E-state index is 13.4. The summed E-state index contributed by atoms with van der Waals surface area (Å²) in [6.07, 6.45) is 7.44. The van der Waals surface area contributed by atoms with E-state index >= 15 is 0 Å². The van der Waals surface area contributed by atoms with Gasteiger partial charge in [0.25, 0.3) is 0 Å². The topological polar surface area (TPSA) is 99.6 Å². The molecule has 3 N–H and O–H groups in total. The van der Waals surface area contributed by atoms with Crippen molar-refractivity contribution in [1.29, 1.82) is 0 Å². The number of halogens is 1. The Hall–Kier alpha value is -3.49. The second-order valence-electron chi connectivity index (χ2n) is 7.28. The summed E-state index contributed by atoms with van der Waals surface area (Å²) >= 11 is 0. The van der Waals surface area contributed by atoms with Crippen LogP contribution in [0.25, 0.3) is 5.57 Å². The highest BCUT2D eigenvalue weighted by molar-refractivity contribution is 5.72. The number of rotatable bonds is 11. The third-order valence-corrected chi connectivity index (χ3v) is 5.24. The summed E-state index contributed by atoms with van der Waals surface area (Å²) in [7, 11) is 1.60. The van der Waals surface area contributed by atoms with Crippen LogP contribution in [0.5, 0.6) is 5.75 Å². The summed E-state index contributed by atoms with van der Waals surface area (Å²) in [5, 5.41) is 9.21. The molecule has 0 radical (unpaired) electrons. The van der Waals surface area contributed by atoms with Gasteiger partial charge in [-0.2, -0.15) is 0 Å². The molecule has 3 rings (SSSR count). The molecule has 0 saturated carbocycles. The second kappa shape index (κ2) is 11.2. The molecule has 0 bridgehead atoms. The number of carbonyl (C=O) groups is 1. The smallest absolute Gasteiger partial charge is 0.334 e. The first-order chi connectivity index (χ1) is 15.5. The van der Waals surface area contributed by atoms with Crippen LogP contribution in [0.15, 0.2) is 73.3 Å². The molecule has 2 atom stereocenters. The molecule has 7 nitrogen and oxygen atoms in total. The monoisotopic (exact) mass is 439 g/mol. The van der Waals surface area contributed by atoms with Crippen LogP contribution in [0, 0.1) is 5.82 Å². The first-order valence-corrected chi connectivity index (χ1v) is 10.2. The lowest BCUT2D eigenvalue weighted by atomic mass is 9.91. The van der Waals surface area contributed by atoms with Crippen LogP contribution in [0.1, 0.15) is 30.0 Å². The number of nitrogens with zero attached hydrogens (tertiary/aromatic N) is 2. The van der Waals surface area contributed by atoms with E-state index in [4.69, 9.17) is 10.6 Å². The van der Waals surface area contributed by atoms with Gasteiger partial charge in [0.05, 0.1) is 19.5 Å². The van der Waals surface area contributed by atoms with E-state index < -0.39 is 12.1 Å². The molecule has 0 amide bonds. The van der Waals surface area contributed by atoms with Gasteiger partial charge in [0.1, 0.15) is 11.6 Å². The Kier molecular flexibility index (Phi) is 8.13. The Labute approximate surface area is 185 Å². The fourth-order valence-electron chi connectivity index (χ4n) is 3.54. The Morgan fingerprint density at radius 1 is 1.22 bits per heavy atom. The van der Waals surface area contributed by atoms with Crippen LogP contribution >= 0.6 is 0 Å². The Morgan fingerprint density at radius 3 is 2.50 bits per heavy atom. The van der Waals surface area contributed by atoms with E-state index in [1.54, 1.807) is 31.8 Å². The number of methoxy groups -OCH3 is 1. The van der Waals surface area contributed by atoms with Crippen molar-refractivity contribution in [2.24, 2.45) is 5.90 Å². The third kappa shape index (κ3) is 6.03. The van der Waals surface area contributed by atoms with E-state index in [2.05, 4.69) is 9.82 Å². The maximum atomic E-state index is 13.4. The van der Waals surface area contributed by atoms with E-state index in [0.717, 1.165) is 22.4 Å². The molecule has 0 aliphatic carbocycles. The molecule has 168 valence electrons. The lowest BCUT2D eigenvalue weighted by Crippen LogP contribution is -2.26. The van der Waals surface area contributed by atoms with Crippen molar-refractivity contribution < 1.29 is 23.9 Å². The molecule has 3 aromatic rings. The average molecular weight is 439 g/mol. The highest BCUT2D eigenvalue weighted by Gasteiger charge is 2.21. The van der Waals surface area contributed by atoms with Crippen LogP contribution in [0.2, 0.25) is 0 Å². The van der Waals surface area contributed by atoms with Gasteiger partial charge in [-0.1, -0.05) is 30.3 Å². The van der Waals surface area contributed by atoms with Crippen molar-refractivity contribution in [1.82, 2.24) is 9.55 Å². The van der Waals surface area contributed by atoms with Gasteiger partial charge in [-0.25, -0.2) is 20.1 Å². The van der Waals surface area contributed by atoms with E-state index in [1.807, 2.05) is 41.1 Å². The zero-order chi connectivity index (χ0) is 22.9. The number of benzene rings is 2. The number of carboxylic acids is 1.